The molecule has 1 unspecified atom stereocenters. The molecular formula is C20H19Cl2NO3. The van der Waals surface area contributed by atoms with Crippen LogP contribution >= 0.6 is 23.2 Å². The zero-order valence-electron chi connectivity index (χ0n) is 14.6. The fourth-order valence-corrected chi connectivity index (χ4v) is 3.99. The maximum atomic E-state index is 12.9. The lowest BCUT2D eigenvalue weighted by atomic mass is 9.93. The van der Waals surface area contributed by atoms with Crippen LogP contribution in [-0.4, -0.2) is 30.4 Å². The highest BCUT2D eigenvalue weighted by molar-refractivity contribution is 6.36. The molecule has 2 aromatic carbocycles. The molecule has 0 fully saturated rings. The van der Waals surface area contributed by atoms with Crippen LogP contribution in [0, 0.1) is 0 Å². The Hall–Kier alpha value is -2.04. The van der Waals surface area contributed by atoms with Crippen molar-refractivity contribution in [2.24, 2.45) is 0 Å². The number of nitrogens with zero attached hydrogens (tertiary/aromatic N) is 1. The Kier molecular flexibility index (Phi) is 5.54. The molecule has 0 aliphatic carbocycles. The van der Waals surface area contributed by atoms with Crippen LogP contribution in [0.25, 0.3) is 0 Å². The first-order chi connectivity index (χ1) is 12.4. The van der Waals surface area contributed by atoms with Crippen LogP contribution in [-0.2, 0) is 22.4 Å². The van der Waals surface area contributed by atoms with Crippen molar-refractivity contribution in [1.29, 1.82) is 0 Å². The highest BCUT2D eigenvalue weighted by Crippen LogP contribution is 2.32. The van der Waals surface area contributed by atoms with Gasteiger partial charge in [-0.1, -0.05) is 47.5 Å². The molecule has 1 aliphatic rings. The minimum Gasteiger partial charge on any atom is -0.465 e. The number of carbonyl (C=O) groups excluding carboxylic acids is 2. The van der Waals surface area contributed by atoms with Gasteiger partial charge in [-0.15, -0.1) is 0 Å². The van der Waals surface area contributed by atoms with Crippen molar-refractivity contribution in [1.82, 2.24) is 4.90 Å². The summed E-state index contributed by atoms with van der Waals surface area (Å²) in [4.78, 5) is 26.4. The van der Waals surface area contributed by atoms with E-state index in [-0.39, 0.29) is 34.0 Å². The number of esters is 1. The molecule has 0 saturated heterocycles. The molecule has 0 spiro atoms. The molecule has 2 aromatic rings. The van der Waals surface area contributed by atoms with E-state index in [1.807, 2.05) is 24.0 Å². The van der Waals surface area contributed by atoms with E-state index in [2.05, 4.69) is 16.9 Å². The summed E-state index contributed by atoms with van der Waals surface area (Å²) in [6, 6.07) is 11.1. The average Bonchev–Trinajstić information content (AvgIpc) is 2.64. The lowest BCUT2D eigenvalue weighted by Crippen LogP contribution is -2.39. The van der Waals surface area contributed by atoms with E-state index in [0.29, 0.717) is 12.1 Å². The summed E-state index contributed by atoms with van der Waals surface area (Å²) in [7, 11) is 1.29. The number of benzene rings is 2. The predicted molar refractivity (Wildman–Crippen MR) is 102 cm³/mol. The fourth-order valence-electron chi connectivity index (χ4n) is 3.37. The summed E-state index contributed by atoms with van der Waals surface area (Å²) in [5.41, 5.74) is 3.24. The van der Waals surface area contributed by atoms with E-state index >= 15 is 0 Å². The van der Waals surface area contributed by atoms with Gasteiger partial charge in [0.1, 0.15) is 0 Å². The van der Waals surface area contributed by atoms with E-state index in [1.54, 1.807) is 0 Å². The largest absolute Gasteiger partial charge is 0.465 e. The topological polar surface area (TPSA) is 46.6 Å². The molecule has 26 heavy (non-hydrogen) atoms. The lowest BCUT2D eigenvalue weighted by molar-refractivity contribution is -0.133. The molecule has 1 atom stereocenters. The molecule has 4 nitrogen and oxygen atoms in total. The minimum atomic E-state index is -0.520. The number of amides is 1. The molecule has 0 aromatic heterocycles. The number of rotatable bonds is 3. The third-order valence-corrected chi connectivity index (χ3v) is 5.48. The van der Waals surface area contributed by atoms with Gasteiger partial charge in [-0.3, -0.25) is 4.79 Å². The number of hydrogen-bond donors (Lipinski definition) is 0. The zero-order valence-corrected chi connectivity index (χ0v) is 16.1. The Morgan fingerprint density at radius 2 is 1.85 bits per heavy atom. The molecule has 0 radical (unpaired) electrons. The molecule has 0 N–H and O–H groups in total. The smallest absolute Gasteiger partial charge is 0.337 e. The third kappa shape index (κ3) is 3.57. The summed E-state index contributed by atoms with van der Waals surface area (Å²) in [6.07, 6.45) is 0.917. The normalized spacial score (nSPS) is 16.2. The molecule has 1 aliphatic heterocycles. The Bertz CT molecular complexity index is 843. The summed E-state index contributed by atoms with van der Waals surface area (Å²) in [5, 5.41) is 0.577. The average molecular weight is 392 g/mol. The van der Waals surface area contributed by atoms with E-state index < -0.39 is 5.97 Å². The van der Waals surface area contributed by atoms with Crippen molar-refractivity contribution < 1.29 is 14.3 Å². The van der Waals surface area contributed by atoms with E-state index in [0.717, 1.165) is 6.42 Å². The molecule has 6 heteroatoms. The van der Waals surface area contributed by atoms with Crippen LogP contribution in [0.2, 0.25) is 10.0 Å². The molecule has 3 rings (SSSR count). The van der Waals surface area contributed by atoms with E-state index in [4.69, 9.17) is 23.2 Å². The summed E-state index contributed by atoms with van der Waals surface area (Å²) in [5.74, 6) is -0.561. The SMILES string of the molecule is COC(=O)c1cc(Cl)c(CC(=O)N2CCc3ccccc3C2C)c(Cl)c1. The molecule has 0 saturated carbocycles. The van der Waals surface area contributed by atoms with Gasteiger partial charge in [0, 0.05) is 16.6 Å². The minimum absolute atomic E-state index is 0.000608. The Labute approximate surface area is 162 Å². The van der Waals surface area contributed by atoms with Gasteiger partial charge in [0.2, 0.25) is 5.91 Å². The highest BCUT2D eigenvalue weighted by Gasteiger charge is 2.28. The Balaban J connectivity index is 1.82. The van der Waals surface area contributed by atoms with Gasteiger partial charge in [-0.25, -0.2) is 4.79 Å². The molecule has 0 bridgehead atoms. The van der Waals surface area contributed by atoms with Crippen LogP contribution < -0.4 is 0 Å². The van der Waals surface area contributed by atoms with Crippen LogP contribution in [0.1, 0.15) is 40.0 Å². The number of halogens is 2. The number of carbonyl (C=O) groups is 2. The van der Waals surface area contributed by atoms with Crippen molar-refractivity contribution in [2.75, 3.05) is 13.7 Å². The fraction of sp³-hybridized carbons (Fsp3) is 0.300. The van der Waals surface area contributed by atoms with Crippen molar-refractivity contribution in [2.45, 2.75) is 25.8 Å². The van der Waals surface area contributed by atoms with E-state index in [1.165, 1.54) is 30.4 Å². The monoisotopic (exact) mass is 391 g/mol. The van der Waals surface area contributed by atoms with Gasteiger partial charge in [0.15, 0.2) is 0 Å². The summed E-state index contributed by atoms with van der Waals surface area (Å²) >= 11 is 12.5. The van der Waals surface area contributed by atoms with Gasteiger partial charge in [-0.2, -0.15) is 0 Å². The van der Waals surface area contributed by atoms with Crippen LogP contribution in [0.4, 0.5) is 0 Å². The van der Waals surface area contributed by atoms with Crippen molar-refractivity contribution >= 4 is 35.1 Å². The quantitative estimate of drug-likeness (QED) is 0.725. The second-order valence-corrected chi connectivity index (χ2v) is 7.11. The number of hydrogen-bond acceptors (Lipinski definition) is 3. The standard InChI is InChI=1S/C20H19Cl2NO3/c1-12-15-6-4-3-5-13(15)7-8-23(12)19(24)11-16-17(21)9-14(10-18(16)22)20(25)26-2/h3-6,9-10,12H,7-8,11H2,1-2H3. The molecule has 136 valence electrons. The zero-order chi connectivity index (χ0) is 18.8. The third-order valence-electron chi connectivity index (χ3n) is 4.81. The van der Waals surface area contributed by atoms with Gasteiger partial charge in [-0.05, 0) is 42.2 Å². The molecule has 1 amide bonds. The molecule has 1 heterocycles. The summed E-state index contributed by atoms with van der Waals surface area (Å²) < 4.78 is 4.68. The maximum Gasteiger partial charge on any atom is 0.337 e. The number of methoxy groups -OCH3 is 1. The Morgan fingerprint density at radius 3 is 2.50 bits per heavy atom. The second-order valence-electron chi connectivity index (χ2n) is 6.30. The Morgan fingerprint density at radius 1 is 1.19 bits per heavy atom. The van der Waals surface area contributed by atoms with E-state index in [9.17, 15) is 9.59 Å². The van der Waals surface area contributed by atoms with Gasteiger partial charge in [0.05, 0.1) is 25.1 Å². The van der Waals surface area contributed by atoms with Gasteiger partial charge in [0.25, 0.3) is 0 Å². The number of fused-ring (bicyclic) bond motifs is 1. The van der Waals surface area contributed by atoms with Crippen LogP contribution in [0.3, 0.4) is 0 Å². The van der Waals surface area contributed by atoms with Gasteiger partial charge >= 0.3 is 5.97 Å². The first-order valence-electron chi connectivity index (χ1n) is 8.36. The van der Waals surface area contributed by atoms with Gasteiger partial charge < -0.3 is 9.64 Å². The predicted octanol–water partition coefficient (Wildman–Crippen LogP) is 4.47. The van der Waals surface area contributed by atoms with Crippen molar-refractivity contribution in [3.05, 3.63) is 68.7 Å². The maximum absolute atomic E-state index is 12.9. The lowest BCUT2D eigenvalue weighted by Gasteiger charge is -2.35. The molecular weight excluding hydrogens is 373 g/mol. The van der Waals surface area contributed by atoms with Crippen LogP contribution in [0.5, 0.6) is 0 Å². The highest BCUT2D eigenvalue weighted by atomic mass is 35.5. The van der Waals surface area contributed by atoms with Crippen molar-refractivity contribution in [3.63, 3.8) is 0 Å². The second kappa shape index (κ2) is 7.68. The summed E-state index contributed by atoms with van der Waals surface area (Å²) in [6.45, 7) is 2.69. The van der Waals surface area contributed by atoms with Crippen molar-refractivity contribution in [3.8, 4) is 0 Å². The first kappa shape index (κ1) is 18.7. The number of ether oxygens (including phenoxy) is 1. The van der Waals surface area contributed by atoms with Crippen LogP contribution in [0.15, 0.2) is 36.4 Å². The first-order valence-corrected chi connectivity index (χ1v) is 9.11.